The van der Waals surface area contributed by atoms with Gasteiger partial charge in [0.25, 0.3) is 0 Å². The summed E-state index contributed by atoms with van der Waals surface area (Å²) >= 11 is 0. The summed E-state index contributed by atoms with van der Waals surface area (Å²) in [4.78, 5) is 4.30. The number of nitrogens with zero attached hydrogens (tertiary/aromatic N) is 3. The minimum absolute atomic E-state index is 0.112. The maximum atomic E-state index is 9.56. The van der Waals surface area contributed by atoms with E-state index < -0.39 is 0 Å². The Bertz CT molecular complexity index is 646. The van der Waals surface area contributed by atoms with Gasteiger partial charge >= 0.3 is 0 Å². The van der Waals surface area contributed by atoms with Crippen molar-refractivity contribution < 1.29 is 9.84 Å². The lowest BCUT2D eigenvalue weighted by molar-refractivity contribution is 0.280. The fraction of sp³-hybridized carbons (Fsp3) is 0.0769. The third kappa shape index (κ3) is 1.98. The average molecular weight is 241 g/mol. The average Bonchev–Trinajstić information content (AvgIpc) is 2.80. The van der Waals surface area contributed by atoms with Crippen molar-refractivity contribution in [2.45, 2.75) is 6.61 Å². The molecule has 0 bridgehead atoms. The van der Waals surface area contributed by atoms with Gasteiger partial charge in [0.05, 0.1) is 0 Å². The Morgan fingerprint density at radius 1 is 1.11 bits per heavy atom. The Kier molecular flexibility index (Phi) is 2.57. The minimum Gasteiger partial charge on any atom is -0.504 e. The number of rotatable bonds is 3. The summed E-state index contributed by atoms with van der Waals surface area (Å²) in [6.45, 7) is 0.221. The van der Waals surface area contributed by atoms with Gasteiger partial charge in [0, 0.05) is 6.20 Å². The zero-order valence-electron chi connectivity index (χ0n) is 9.52. The second-order valence-electron chi connectivity index (χ2n) is 3.79. The van der Waals surface area contributed by atoms with Gasteiger partial charge in [-0.15, -0.1) is 5.10 Å². The summed E-state index contributed by atoms with van der Waals surface area (Å²) in [6.07, 6.45) is 1.83. The first kappa shape index (κ1) is 10.6. The standard InChI is InChI=1S/C13H11N3O2/c17-10-5-1-2-6-11(10)18-9-12-14-13-7-3-4-8-16(13)15-12/h1-8,17H,9H2. The minimum atomic E-state index is 0.112. The van der Waals surface area contributed by atoms with E-state index in [9.17, 15) is 5.11 Å². The number of benzene rings is 1. The lowest BCUT2D eigenvalue weighted by atomic mass is 10.3. The molecule has 18 heavy (non-hydrogen) atoms. The Balaban J connectivity index is 1.79. The summed E-state index contributed by atoms with van der Waals surface area (Å²) in [5.74, 6) is 1.11. The number of para-hydroxylation sites is 2. The highest BCUT2D eigenvalue weighted by Crippen LogP contribution is 2.24. The smallest absolute Gasteiger partial charge is 0.189 e. The topological polar surface area (TPSA) is 59.7 Å². The van der Waals surface area contributed by atoms with Gasteiger partial charge in [0.2, 0.25) is 0 Å². The lowest BCUT2D eigenvalue weighted by Crippen LogP contribution is -1.98. The van der Waals surface area contributed by atoms with Crippen LogP contribution in [-0.2, 0) is 6.61 Å². The van der Waals surface area contributed by atoms with E-state index in [0.29, 0.717) is 11.6 Å². The number of phenols is 1. The fourth-order valence-electron chi connectivity index (χ4n) is 1.66. The number of hydrogen-bond acceptors (Lipinski definition) is 4. The van der Waals surface area contributed by atoms with Gasteiger partial charge in [-0.25, -0.2) is 9.50 Å². The predicted octanol–water partition coefficient (Wildman–Crippen LogP) is 2.01. The summed E-state index contributed by atoms with van der Waals surface area (Å²) in [5.41, 5.74) is 0.772. The van der Waals surface area contributed by atoms with E-state index in [1.54, 1.807) is 28.8 Å². The molecule has 0 saturated carbocycles. The zero-order chi connectivity index (χ0) is 12.4. The van der Waals surface area contributed by atoms with Crippen LogP contribution in [0, 0.1) is 0 Å². The molecule has 0 aliphatic heterocycles. The Morgan fingerprint density at radius 3 is 2.78 bits per heavy atom. The molecule has 0 amide bonds. The van der Waals surface area contributed by atoms with Gasteiger partial charge in [0.1, 0.15) is 6.61 Å². The number of aromatic hydroxyl groups is 1. The van der Waals surface area contributed by atoms with Crippen molar-refractivity contribution in [1.29, 1.82) is 0 Å². The molecule has 0 unspecified atom stereocenters. The third-order valence-electron chi connectivity index (χ3n) is 2.51. The van der Waals surface area contributed by atoms with Gasteiger partial charge in [-0.1, -0.05) is 18.2 Å². The van der Waals surface area contributed by atoms with Crippen LogP contribution in [0.2, 0.25) is 0 Å². The van der Waals surface area contributed by atoms with Crippen LogP contribution < -0.4 is 4.74 Å². The van der Waals surface area contributed by atoms with E-state index >= 15 is 0 Å². The second-order valence-corrected chi connectivity index (χ2v) is 3.79. The number of ether oxygens (including phenoxy) is 1. The number of phenolic OH excluding ortho intramolecular Hbond substituents is 1. The highest BCUT2D eigenvalue weighted by molar-refractivity contribution is 5.38. The van der Waals surface area contributed by atoms with E-state index in [2.05, 4.69) is 10.1 Å². The first-order chi connectivity index (χ1) is 8.83. The highest BCUT2D eigenvalue weighted by Gasteiger charge is 2.05. The summed E-state index contributed by atoms with van der Waals surface area (Å²) in [6, 6.07) is 12.5. The molecular weight excluding hydrogens is 230 g/mol. The van der Waals surface area contributed by atoms with Crippen LogP contribution in [0.1, 0.15) is 5.82 Å². The largest absolute Gasteiger partial charge is 0.504 e. The lowest BCUT2D eigenvalue weighted by Gasteiger charge is -2.04. The van der Waals surface area contributed by atoms with Crippen molar-refractivity contribution in [3.63, 3.8) is 0 Å². The molecule has 0 fully saturated rings. The molecule has 0 radical (unpaired) electrons. The predicted molar refractivity (Wildman–Crippen MR) is 65.4 cm³/mol. The first-order valence-corrected chi connectivity index (χ1v) is 5.54. The molecule has 1 aromatic carbocycles. The van der Waals surface area contributed by atoms with Crippen LogP contribution in [0.25, 0.3) is 5.65 Å². The van der Waals surface area contributed by atoms with E-state index in [1.807, 2.05) is 24.4 Å². The molecule has 0 aliphatic carbocycles. The molecule has 0 aliphatic rings. The molecule has 3 rings (SSSR count). The monoisotopic (exact) mass is 241 g/mol. The Morgan fingerprint density at radius 2 is 1.94 bits per heavy atom. The van der Waals surface area contributed by atoms with Crippen molar-refractivity contribution >= 4 is 5.65 Å². The summed E-state index contributed by atoms with van der Waals surface area (Å²) < 4.78 is 7.15. The van der Waals surface area contributed by atoms with Crippen LogP contribution >= 0.6 is 0 Å². The number of aromatic nitrogens is 3. The van der Waals surface area contributed by atoms with Gasteiger partial charge in [0.15, 0.2) is 23.0 Å². The van der Waals surface area contributed by atoms with Crippen molar-refractivity contribution in [1.82, 2.24) is 14.6 Å². The van der Waals surface area contributed by atoms with Crippen LogP contribution in [0.4, 0.5) is 0 Å². The van der Waals surface area contributed by atoms with Crippen LogP contribution in [0.5, 0.6) is 11.5 Å². The SMILES string of the molecule is Oc1ccccc1OCc1nc2ccccn2n1. The molecular formula is C13H11N3O2. The number of fused-ring (bicyclic) bond motifs is 1. The maximum absolute atomic E-state index is 9.56. The normalized spacial score (nSPS) is 10.7. The highest BCUT2D eigenvalue weighted by atomic mass is 16.5. The van der Waals surface area contributed by atoms with Gasteiger partial charge in [-0.2, -0.15) is 0 Å². The number of pyridine rings is 1. The fourth-order valence-corrected chi connectivity index (χ4v) is 1.66. The molecule has 1 N–H and O–H groups in total. The quantitative estimate of drug-likeness (QED) is 0.762. The Hall–Kier alpha value is -2.56. The first-order valence-electron chi connectivity index (χ1n) is 5.54. The van der Waals surface area contributed by atoms with Crippen molar-refractivity contribution in [3.05, 3.63) is 54.5 Å². The zero-order valence-corrected chi connectivity index (χ0v) is 9.52. The molecule has 0 saturated heterocycles. The van der Waals surface area contributed by atoms with E-state index in [4.69, 9.17) is 4.74 Å². The summed E-state index contributed by atoms with van der Waals surface area (Å²) in [5, 5.41) is 13.8. The van der Waals surface area contributed by atoms with Crippen molar-refractivity contribution in [3.8, 4) is 11.5 Å². The Labute approximate surface area is 103 Å². The van der Waals surface area contributed by atoms with Crippen LogP contribution in [0.15, 0.2) is 48.7 Å². The molecule has 5 nitrogen and oxygen atoms in total. The molecule has 0 atom stereocenters. The van der Waals surface area contributed by atoms with Crippen LogP contribution in [0.3, 0.4) is 0 Å². The van der Waals surface area contributed by atoms with Gasteiger partial charge in [-0.3, -0.25) is 0 Å². The number of hydrogen-bond donors (Lipinski definition) is 1. The van der Waals surface area contributed by atoms with Crippen LogP contribution in [-0.4, -0.2) is 19.7 Å². The maximum Gasteiger partial charge on any atom is 0.189 e. The second kappa shape index (κ2) is 4.37. The van der Waals surface area contributed by atoms with Crippen molar-refractivity contribution in [2.75, 3.05) is 0 Å². The molecule has 90 valence electrons. The summed E-state index contributed by atoms with van der Waals surface area (Å²) in [7, 11) is 0. The molecule has 2 aromatic heterocycles. The van der Waals surface area contributed by atoms with E-state index in [0.717, 1.165) is 5.65 Å². The molecule has 0 spiro atoms. The molecule has 3 aromatic rings. The molecule has 2 heterocycles. The van der Waals surface area contributed by atoms with Gasteiger partial charge in [-0.05, 0) is 24.3 Å². The van der Waals surface area contributed by atoms with E-state index in [1.165, 1.54) is 0 Å². The third-order valence-corrected chi connectivity index (χ3v) is 2.51. The van der Waals surface area contributed by atoms with E-state index in [-0.39, 0.29) is 12.4 Å². The molecule has 5 heteroatoms. The van der Waals surface area contributed by atoms with Crippen molar-refractivity contribution in [2.24, 2.45) is 0 Å². The van der Waals surface area contributed by atoms with Gasteiger partial charge < -0.3 is 9.84 Å².